The highest BCUT2D eigenvalue weighted by atomic mass is 19.1. The van der Waals surface area contributed by atoms with Gasteiger partial charge in [-0.1, -0.05) is 42.5 Å². The topological polar surface area (TPSA) is 22.0 Å². The van der Waals surface area contributed by atoms with Gasteiger partial charge in [0.05, 0.1) is 11.9 Å². The molecule has 0 aliphatic rings. The van der Waals surface area contributed by atoms with Gasteiger partial charge in [0.1, 0.15) is 5.82 Å². The lowest BCUT2D eigenvalue weighted by atomic mass is 10.1. The molecule has 0 saturated carbocycles. The molecule has 100 valence electrons. The van der Waals surface area contributed by atoms with Gasteiger partial charge in [0.25, 0.3) is 5.56 Å². The molecule has 0 spiro atoms. The Balaban J connectivity index is 2.20. The summed E-state index contributed by atoms with van der Waals surface area (Å²) in [7, 11) is 0. The van der Waals surface area contributed by atoms with Gasteiger partial charge in [-0.2, -0.15) is 0 Å². The molecule has 0 aliphatic heterocycles. The number of fused-ring (bicyclic) bond motifs is 1. The Morgan fingerprint density at radius 3 is 2.55 bits per heavy atom. The molecule has 0 aliphatic carbocycles. The van der Waals surface area contributed by atoms with Gasteiger partial charge in [0, 0.05) is 6.20 Å². The molecule has 0 bridgehead atoms. The van der Waals surface area contributed by atoms with Crippen LogP contribution in [0, 0.1) is 12.7 Å². The molecule has 1 aromatic heterocycles. The first kappa shape index (κ1) is 12.6. The van der Waals surface area contributed by atoms with Crippen LogP contribution in [0.4, 0.5) is 4.39 Å². The fraction of sp³-hybridized carbons (Fsp3) is 0.118. The molecular weight excluding hydrogens is 253 g/mol. The highest BCUT2D eigenvalue weighted by molar-refractivity contribution is 5.85. The highest BCUT2D eigenvalue weighted by Gasteiger charge is 2.10. The number of aryl methyl sites for hydroxylation is 1. The zero-order chi connectivity index (χ0) is 14.1. The maximum Gasteiger partial charge on any atom is 0.261 e. The average molecular weight is 267 g/mol. The van der Waals surface area contributed by atoms with Gasteiger partial charge in [-0.05, 0) is 29.5 Å². The Morgan fingerprint density at radius 2 is 1.80 bits per heavy atom. The molecule has 0 atom stereocenters. The zero-order valence-corrected chi connectivity index (χ0v) is 11.1. The molecule has 3 rings (SSSR count). The maximum absolute atomic E-state index is 13.9. The lowest BCUT2D eigenvalue weighted by Gasteiger charge is -2.10. The first-order valence-electron chi connectivity index (χ1n) is 6.49. The van der Waals surface area contributed by atoms with Gasteiger partial charge in [0.2, 0.25) is 0 Å². The highest BCUT2D eigenvalue weighted by Crippen LogP contribution is 2.17. The van der Waals surface area contributed by atoms with Crippen LogP contribution in [0.25, 0.3) is 10.8 Å². The third-order valence-corrected chi connectivity index (χ3v) is 3.46. The minimum atomic E-state index is -0.460. The van der Waals surface area contributed by atoms with E-state index in [9.17, 15) is 9.18 Å². The summed E-state index contributed by atoms with van der Waals surface area (Å²) in [5.41, 5.74) is 1.63. The third kappa shape index (κ3) is 2.11. The first-order valence-corrected chi connectivity index (χ1v) is 6.49. The SMILES string of the molecule is Cc1cn(Cc2ccccc2)c(=O)c2c(F)cccc12. The Hall–Kier alpha value is -2.42. The molecule has 20 heavy (non-hydrogen) atoms. The van der Waals surface area contributed by atoms with Gasteiger partial charge < -0.3 is 4.57 Å². The summed E-state index contributed by atoms with van der Waals surface area (Å²) in [6.45, 7) is 2.34. The summed E-state index contributed by atoms with van der Waals surface area (Å²) in [6.07, 6.45) is 1.79. The second kappa shape index (κ2) is 4.93. The Labute approximate surface area is 116 Å². The van der Waals surface area contributed by atoms with Crippen LogP contribution in [-0.2, 0) is 6.54 Å². The fourth-order valence-corrected chi connectivity index (χ4v) is 2.47. The Kier molecular flexibility index (Phi) is 3.11. The minimum absolute atomic E-state index is 0.170. The molecule has 3 heteroatoms. The van der Waals surface area contributed by atoms with E-state index < -0.39 is 5.82 Å². The summed E-state index contributed by atoms with van der Waals surface area (Å²) >= 11 is 0. The van der Waals surface area contributed by atoms with Crippen LogP contribution in [0.15, 0.2) is 59.5 Å². The molecule has 0 amide bonds. The monoisotopic (exact) mass is 267 g/mol. The number of rotatable bonds is 2. The van der Waals surface area contributed by atoms with Crippen LogP contribution < -0.4 is 5.56 Å². The van der Waals surface area contributed by atoms with Gasteiger partial charge in [-0.3, -0.25) is 4.79 Å². The molecule has 2 aromatic carbocycles. The molecule has 0 N–H and O–H groups in total. The average Bonchev–Trinajstić information content (AvgIpc) is 2.45. The van der Waals surface area contributed by atoms with Crippen LogP contribution in [0.3, 0.4) is 0 Å². The van der Waals surface area contributed by atoms with Crippen LogP contribution in [0.5, 0.6) is 0 Å². The number of pyridine rings is 1. The van der Waals surface area contributed by atoms with Gasteiger partial charge in [-0.15, -0.1) is 0 Å². The van der Waals surface area contributed by atoms with Crippen molar-refractivity contribution in [2.45, 2.75) is 13.5 Å². The van der Waals surface area contributed by atoms with Crippen LogP contribution in [0.1, 0.15) is 11.1 Å². The van der Waals surface area contributed by atoms with Crippen LogP contribution >= 0.6 is 0 Å². The van der Waals surface area contributed by atoms with Crippen molar-refractivity contribution in [2.24, 2.45) is 0 Å². The number of aromatic nitrogens is 1. The zero-order valence-electron chi connectivity index (χ0n) is 11.1. The summed E-state index contributed by atoms with van der Waals surface area (Å²) in [6, 6.07) is 14.4. The normalized spacial score (nSPS) is 10.9. The van der Waals surface area contributed by atoms with E-state index in [-0.39, 0.29) is 10.9 Å². The second-order valence-corrected chi connectivity index (χ2v) is 4.89. The van der Waals surface area contributed by atoms with Crippen molar-refractivity contribution in [1.82, 2.24) is 4.57 Å². The van der Waals surface area contributed by atoms with E-state index in [2.05, 4.69) is 0 Å². The van der Waals surface area contributed by atoms with E-state index in [0.717, 1.165) is 11.1 Å². The van der Waals surface area contributed by atoms with Crippen molar-refractivity contribution >= 4 is 10.8 Å². The van der Waals surface area contributed by atoms with Crippen LogP contribution in [0.2, 0.25) is 0 Å². The Morgan fingerprint density at radius 1 is 1.05 bits per heavy atom. The van der Waals surface area contributed by atoms with Crippen molar-refractivity contribution in [3.8, 4) is 0 Å². The van der Waals surface area contributed by atoms with Crippen molar-refractivity contribution in [2.75, 3.05) is 0 Å². The number of benzene rings is 2. The van der Waals surface area contributed by atoms with E-state index in [1.165, 1.54) is 6.07 Å². The molecule has 0 fully saturated rings. The van der Waals surface area contributed by atoms with E-state index in [0.29, 0.717) is 11.9 Å². The van der Waals surface area contributed by atoms with Crippen molar-refractivity contribution in [3.63, 3.8) is 0 Å². The predicted octanol–water partition coefficient (Wildman–Crippen LogP) is 3.50. The van der Waals surface area contributed by atoms with Crippen molar-refractivity contribution in [1.29, 1.82) is 0 Å². The maximum atomic E-state index is 13.9. The number of hydrogen-bond donors (Lipinski definition) is 0. The van der Waals surface area contributed by atoms with E-state index in [1.54, 1.807) is 22.9 Å². The number of halogens is 1. The summed E-state index contributed by atoms with van der Waals surface area (Å²) in [5.74, 6) is -0.460. The molecular formula is C17H14FNO. The fourth-order valence-electron chi connectivity index (χ4n) is 2.47. The van der Waals surface area contributed by atoms with Crippen molar-refractivity contribution in [3.05, 3.63) is 82.0 Å². The van der Waals surface area contributed by atoms with E-state index in [1.807, 2.05) is 37.3 Å². The minimum Gasteiger partial charge on any atom is -0.310 e. The summed E-state index contributed by atoms with van der Waals surface area (Å²) in [4.78, 5) is 12.4. The van der Waals surface area contributed by atoms with Crippen molar-refractivity contribution < 1.29 is 4.39 Å². The van der Waals surface area contributed by atoms with E-state index >= 15 is 0 Å². The summed E-state index contributed by atoms with van der Waals surface area (Å²) < 4.78 is 15.5. The van der Waals surface area contributed by atoms with E-state index in [4.69, 9.17) is 0 Å². The number of hydrogen-bond acceptors (Lipinski definition) is 1. The first-order chi connectivity index (χ1) is 9.66. The van der Waals surface area contributed by atoms with Gasteiger partial charge in [-0.25, -0.2) is 4.39 Å². The van der Waals surface area contributed by atoms with Crippen LogP contribution in [-0.4, -0.2) is 4.57 Å². The molecule has 1 heterocycles. The lowest BCUT2D eigenvalue weighted by Crippen LogP contribution is -2.21. The Bertz CT molecular complexity index is 822. The molecule has 0 radical (unpaired) electrons. The largest absolute Gasteiger partial charge is 0.310 e. The molecule has 0 unspecified atom stereocenters. The third-order valence-electron chi connectivity index (χ3n) is 3.46. The van der Waals surface area contributed by atoms with Gasteiger partial charge >= 0.3 is 0 Å². The smallest absolute Gasteiger partial charge is 0.261 e. The van der Waals surface area contributed by atoms with Gasteiger partial charge in [0.15, 0.2) is 0 Å². The standard InChI is InChI=1S/C17H14FNO/c1-12-10-19(11-13-6-3-2-4-7-13)17(20)16-14(12)8-5-9-15(16)18/h2-10H,11H2,1H3. The molecule has 2 nitrogen and oxygen atoms in total. The predicted molar refractivity (Wildman–Crippen MR) is 78.4 cm³/mol. The molecule has 3 aromatic rings. The number of nitrogens with zero attached hydrogens (tertiary/aromatic N) is 1. The lowest BCUT2D eigenvalue weighted by molar-refractivity contribution is 0.635. The second-order valence-electron chi connectivity index (χ2n) is 4.89. The molecule has 0 saturated heterocycles. The summed E-state index contributed by atoms with van der Waals surface area (Å²) in [5, 5.41) is 0.850. The quantitative estimate of drug-likeness (QED) is 0.696.